The highest BCUT2D eigenvalue weighted by molar-refractivity contribution is 5.74. The van der Waals surface area contributed by atoms with Gasteiger partial charge in [0.05, 0.1) is 17.9 Å². The Morgan fingerprint density at radius 3 is 1.82 bits per heavy atom. The SMILES string of the molecule is C=C(NC(C(=C)CC[C@H]1[C@@H](C(C)C(=C)NC(CC2CCC2)C(=C)C(=C)N)C1(C)CCC)C(C)(C)C)NC(C)C(C)(C)CC.CCC(C)=O.CNCC1CCC1. The van der Waals surface area contributed by atoms with Gasteiger partial charge in [0, 0.05) is 23.9 Å². The molecule has 7 atom stereocenters. The number of hydrogen-bond acceptors (Lipinski definition) is 6. The van der Waals surface area contributed by atoms with Crippen LogP contribution in [0.4, 0.5) is 0 Å². The van der Waals surface area contributed by atoms with Gasteiger partial charge in [0.1, 0.15) is 5.78 Å². The quantitative estimate of drug-likeness (QED) is 0.0526. The van der Waals surface area contributed by atoms with Crippen molar-refractivity contribution in [3.63, 3.8) is 0 Å². The number of rotatable bonds is 23. The van der Waals surface area contributed by atoms with Crippen LogP contribution < -0.4 is 27.0 Å². The third-order valence-corrected chi connectivity index (χ3v) is 13.9. The fraction of sp³-hybridized carbons (Fsp3) is 0.776. The lowest BCUT2D eigenvalue weighted by atomic mass is 9.79. The van der Waals surface area contributed by atoms with Gasteiger partial charge in [-0.3, -0.25) is 0 Å². The first-order chi connectivity index (χ1) is 25.5. The largest absolute Gasteiger partial charge is 0.399 e. The van der Waals surface area contributed by atoms with Crippen LogP contribution in [-0.4, -0.2) is 37.5 Å². The molecule has 318 valence electrons. The number of carbonyl (C=O) groups excluding carboxylic acids is 1. The number of nitrogens with two attached hydrogens (primary N) is 1. The van der Waals surface area contributed by atoms with Gasteiger partial charge in [0.15, 0.2) is 0 Å². The molecule has 0 aromatic heterocycles. The van der Waals surface area contributed by atoms with E-state index in [9.17, 15) is 4.79 Å². The van der Waals surface area contributed by atoms with Crippen molar-refractivity contribution in [2.75, 3.05) is 13.6 Å². The molecule has 6 N–H and O–H groups in total. The zero-order valence-corrected chi connectivity index (χ0v) is 38.5. The maximum absolute atomic E-state index is 9.81. The number of carbonyl (C=O) groups is 1. The molecule has 3 saturated carbocycles. The van der Waals surface area contributed by atoms with Gasteiger partial charge in [-0.2, -0.15) is 0 Å². The summed E-state index contributed by atoms with van der Waals surface area (Å²) in [5, 5.41) is 14.3. The van der Waals surface area contributed by atoms with Crippen LogP contribution in [0.2, 0.25) is 0 Å². The van der Waals surface area contributed by atoms with Crippen molar-refractivity contribution in [1.29, 1.82) is 0 Å². The molecule has 3 fully saturated rings. The summed E-state index contributed by atoms with van der Waals surface area (Å²) in [6.07, 6.45) is 15.8. The van der Waals surface area contributed by atoms with Crippen LogP contribution in [-0.2, 0) is 4.79 Å². The molecule has 6 heteroatoms. The number of Topliss-reactive ketones (excluding diaryl/α,β-unsaturated/α-hetero) is 1. The van der Waals surface area contributed by atoms with Crippen molar-refractivity contribution in [1.82, 2.24) is 21.3 Å². The van der Waals surface area contributed by atoms with Crippen LogP contribution in [0.1, 0.15) is 167 Å². The van der Waals surface area contributed by atoms with E-state index in [-0.39, 0.29) is 28.7 Å². The van der Waals surface area contributed by atoms with E-state index in [2.05, 4.69) is 123 Å². The highest BCUT2D eigenvalue weighted by Gasteiger charge is 2.61. The summed E-state index contributed by atoms with van der Waals surface area (Å²) in [4.78, 5) is 9.81. The van der Waals surface area contributed by atoms with E-state index < -0.39 is 0 Å². The van der Waals surface area contributed by atoms with E-state index in [4.69, 9.17) is 5.73 Å². The molecular formula is C49H91N5O. The fourth-order valence-corrected chi connectivity index (χ4v) is 8.55. The Balaban J connectivity index is 0.00000107. The van der Waals surface area contributed by atoms with Gasteiger partial charge in [0.25, 0.3) is 0 Å². The summed E-state index contributed by atoms with van der Waals surface area (Å²) in [6, 6.07) is 0.596. The molecule has 6 nitrogen and oxygen atoms in total. The predicted molar refractivity (Wildman–Crippen MR) is 242 cm³/mol. The van der Waals surface area contributed by atoms with E-state index in [1.165, 1.54) is 63.5 Å². The molecule has 0 bridgehead atoms. The Morgan fingerprint density at radius 2 is 1.44 bits per heavy atom. The average Bonchev–Trinajstić information content (AvgIpc) is 3.66. The average molecular weight is 766 g/mol. The van der Waals surface area contributed by atoms with Crippen molar-refractivity contribution >= 4 is 5.78 Å². The van der Waals surface area contributed by atoms with Gasteiger partial charge in [-0.25, -0.2) is 0 Å². The van der Waals surface area contributed by atoms with Crippen molar-refractivity contribution in [3.05, 3.63) is 61.3 Å². The van der Waals surface area contributed by atoms with Gasteiger partial charge >= 0.3 is 0 Å². The topological polar surface area (TPSA) is 91.2 Å². The number of allylic oxidation sites excluding steroid dienone is 1. The Labute approximate surface area is 342 Å². The lowest BCUT2D eigenvalue weighted by Gasteiger charge is -2.38. The second-order valence-corrected chi connectivity index (χ2v) is 19.7. The lowest BCUT2D eigenvalue weighted by Crippen LogP contribution is -2.48. The van der Waals surface area contributed by atoms with E-state index in [1.807, 2.05) is 14.0 Å². The van der Waals surface area contributed by atoms with Crippen LogP contribution >= 0.6 is 0 Å². The zero-order chi connectivity index (χ0) is 42.3. The molecule has 0 aliphatic heterocycles. The monoisotopic (exact) mass is 766 g/mol. The molecule has 3 aliphatic rings. The standard InChI is InChI=1S/C39H70N4.C6H13N.C4H8O/c1-16-23-39(15)33(35(39)27(5)29(7)41-34(26(4)28(6)40)24-32-19-18-20-32)22-21-25(3)36(37(10,11)12)43-31(9)42-30(8)38(13,14)17-2;1-7-5-6-3-2-4-6;1-3-4(2)5/h27,30,32-36,41-43H,3-4,6-7,9,16-24,40H2,1-2,5,8,10-15H3;6-7H,2-5H2,1H3;3H2,1-2H3/t27?,30?,33-,34?,35+,36?,39?;;/m0../s1. The number of hydrogen-bond donors (Lipinski definition) is 5. The maximum atomic E-state index is 9.81. The van der Waals surface area contributed by atoms with Crippen molar-refractivity contribution in [3.8, 4) is 0 Å². The van der Waals surface area contributed by atoms with Gasteiger partial charge < -0.3 is 31.8 Å². The summed E-state index contributed by atoms with van der Waals surface area (Å²) in [7, 11) is 2.03. The van der Waals surface area contributed by atoms with Crippen LogP contribution in [0.3, 0.4) is 0 Å². The van der Waals surface area contributed by atoms with Crippen LogP contribution in [0.15, 0.2) is 61.3 Å². The van der Waals surface area contributed by atoms with Crippen molar-refractivity contribution in [2.24, 2.45) is 51.6 Å². The molecule has 0 radical (unpaired) electrons. The van der Waals surface area contributed by atoms with Crippen LogP contribution in [0, 0.1) is 45.8 Å². The van der Waals surface area contributed by atoms with Crippen LogP contribution in [0.5, 0.6) is 0 Å². The summed E-state index contributed by atoms with van der Waals surface area (Å²) in [6.45, 7) is 49.7. The second kappa shape index (κ2) is 23.1. The Bertz CT molecular complexity index is 1250. The van der Waals surface area contributed by atoms with E-state index in [0.717, 1.165) is 54.6 Å². The minimum Gasteiger partial charge on any atom is -0.399 e. The molecule has 0 spiro atoms. The summed E-state index contributed by atoms with van der Waals surface area (Å²) in [5.74, 6) is 4.55. The maximum Gasteiger partial charge on any atom is 0.129 e. The molecule has 55 heavy (non-hydrogen) atoms. The molecule has 0 aromatic carbocycles. The molecule has 3 aliphatic carbocycles. The molecule has 0 heterocycles. The molecular weight excluding hydrogens is 675 g/mol. The van der Waals surface area contributed by atoms with Crippen molar-refractivity contribution < 1.29 is 4.79 Å². The molecule has 0 saturated heterocycles. The summed E-state index contributed by atoms with van der Waals surface area (Å²) in [5.41, 5.74) is 10.6. The third kappa shape index (κ3) is 16.1. The van der Waals surface area contributed by atoms with E-state index >= 15 is 0 Å². The van der Waals surface area contributed by atoms with Crippen molar-refractivity contribution in [2.45, 2.75) is 185 Å². The number of ketones is 1. The first kappa shape index (κ1) is 50.5. The molecule has 0 amide bonds. The Morgan fingerprint density at radius 1 is 0.891 bits per heavy atom. The third-order valence-electron chi connectivity index (χ3n) is 13.9. The molecule has 5 unspecified atom stereocenters. The van der Waals surface area contributed by atoms with Gasteiger partial charge in [-0.15, -0.1) is 0 Å². The first-order valence-corrected chi connectivity index (χ1v) is 22.1. The first-order valence-electron chi connectivity index (χ1n) is 22.1. The summed E-state index contributed by atoms with van der Waals surface area (Å²) < 4.78 is 0. The van der Waals surface area contributed by atoms with Crippen LogP contribution in [0.25, 0.3) is 0 Å². The lowest BCUT2D eigenvalue weighted by molar-refractivity contribution is -0.116. The second-order valence-electron chi connectivity index (χ2n) is 19.7. The molecule has 0 aromatic rings. The van der Waals surface area contributed by atoms with E-state index in [1.54, 1.807) is 6.92 Å². The summed E-state index contributed by atoms with van der Waals surface area (Å²) >= 11 is 0. The van der Waals surface area contributed by atoms with E-state index in [0.29, 0.717) is 41.3 Å². The zero-order valence-electron chi connectivity index (χ0n) is 38.5. The Hall–Kier alpha value is -2.47. The highest BCUT2D eigenvalue weighted by Crippen LogP contribution is 2.67. The minimum absolute atomic E-state index is 0.0250. The Kier molecular flexibility index (Phi) is 21.2. The smallest absolute Gasteiger partial charge is 0.129 e. The predicted octanol–water partition coefficient (Wildman–Crippen LogP) is 11.6. The highest BCUT2D eigenvalue weighted by atomic mass is 16.1. The minimum atomic E-state index is 0.0250. The normalized spacial score (nSPS) is 23.0. The van der Waals surface area contributed by atoms with Gasteiger partial charge in [0.2, 0.25) is 0 Å². The van der Waals surface area contributed by atoms with Gasteiger partial charge in [-0.1, -0.05) is 140 Å². The van der Waals surface area contributed by atoms with Gasteiger partial charge in [-0.05, 0) is 124 Å². The fourth-order valence-electron chi connectivity index (χ4n) is 8.55. The molecule has 3 rings (SSSR count). The number of nitrogens with one attached hydrogen (secondary N) is 4.